The summed E-state index contributed by atoms with van der Waals surface area (Å²) in [6.45, 7) is 0. The number of carbonyl (C=O) groups excluding carboxylic acids is 1. The van der Waals surface area contributed by atoms with Crippen molar-refractivity contribution in [3.8, 4) is 6.07 Å². The monoisotopic (exact) mass is 464 g/mol. The molecule has 3 aromatic rings. The molecule has 1 amide bonds. The predicted octanol–water partition coefficient (Wildman–Crippen LogP) is 3.62. The first kappa shape index (κ1) is 22.4. The molecule has 0 spiro atoms. The van der Waals surface area contributed by atoms with Gasteiger partial charge in [0.2, 0.25) is 5.95 Å². The van der Waals surface area contributed by atoms with Crippen molar-refractivity contribution in [1.29, 1.82) is 10.0 Å². The summed E-state index contributed by atoms with van der Waals surface area (Å²) in [6, 6.07) is 13.5. The van der Waals surface area contributed by atoms with Crippen LogP contribution >= 0.6 is 0 Å². The maximum absolute atomic E-state index is 13.7. The molecule has 3 heterocycles. The topological polar surface area (TPSA) is 124 Å². The van der Waals surface area contributed by atoms with E-state index in [1.807, 2.05) is 30.3 Å². The molecule has 1 aliphatic heterocycles. The number of anilines is 1. The van der Waals surface area contributed by atoms with Crippen molar-refractivity contribution in [2.45, 2.75) is 23.8 Å². The second kappa shape index (κ2) is 8.97. The number of aromatic nitrogens is 2. The Morgan fingerprint density at radius 2 is 2.12 bits per heavy atom. The normalized spacial score (nSPS) is 19.4. The van der Waals surface area contributed by atoms with Gasteiger partial charge in [-0.15, -0.1) is 0 Å². The number of aryl methyl sites for hydroxylation is 2. The zero-order valence-corrected chi connectivity index (χ0v) is 18.5. The zero-order chi connectivity index (χ0) is 23.6. The predicted molar refractivity (Wildman–Crippen MR) is 122 cm³/mol. The van der Waals surface area contributed by atoms with Crippen molar-refractivity contribution in [3.63, 3.8) is 0 Å². The van der Waals surface area contributed by atoms with Gasteiger partial charge in [0.15, 0.2) is 0 Å². The molecule has 0 saturated carbocycles. The van der Waals surface area contributed by atoms with Crippen molar-refractivity contribution >= 4 is 27.6 Å². The summed E-state index contributed by atoms with van der Waals surface area (Å²) >= 11 is 0. The number of nitrogens with one attached hydrogen (secondary N) is 3. The lowest BCUT2D eigenvalue weighted by molar-refractivity contribution is 0.101. The van der Waals surface area contributed by atoms with Crippen LogP contribution in [0.2, 0.25) is 0 Å². The maximum Gasteiger partial charge on any atom is 0.272 e. The highest BCUT2D eigenvalue weighted by Gasteiger charge is 2.28. The average Bonchev–Trinajstić information content (AvgIpc) is 3.07. The third-order valence-corrected chi connectivity index (χ3v) is 6.85. The largest absolute Gasteiger partial charge is 0.345 e. The molecule has 2 aromatic heterocycles. The zero-order valence-electron chi connectivity index (χ0n) is 17.7. The molecule has 0 radical (unpaired) electrons. The van der Waals surface area contributed by atoms with Crippen molar-refractivity contribution in [2.75, 3.05) is 5.32 Å². The molecule has 2 atom stereocenters. The molecule has 10 heteroatoms. The Balaban J connectivity index is 1.62. The summed E-state index contributed by atoms with van der Waals surface area (Å²) < 4.78 is 39.7. The smallest absolute Gasteiger partial charge is 0.272 e. The van der Waals surface area contributed by atoms with E-state index >= 15 is 0 Å². The lowest BCUT2D eigenvalue weighted by Gasteiger charge is -2.15. The van der Waals surface area contributed by atoms with Crippen LogP contribution < -0.4 is 10.0 Å². The van der Waals surface area contributed by atoms with Gasteiger partial charge in [-0.2, -0.15) is 9.65 Å². The van der Waals surface area contributed by atoms with E-state index in [1.165, 1.54) is 16.8 Å². The number of hydrogen-bond donors (Lipinski definition) is 3. The van der Waals surface area contributed by atoms with Gasteiger partial charge >= 0.3 is 0 Å². The minimum absolute atomic E-state index is 0.0714. The number of rotatable bonds is 5. The van der Waals surface area contributed by atoms with Gasteiger partial charge in [-0.05, 0) is 24.5 Å². The van der Waals surface area contributed by atoms with E-state index in [2.05, 4.69) is 15.0 Å². The van der Waals surface area contributed by atoms with Crippen LogP contribution in [-0.2, 0) is 23.4 Å². The van der Waals surface area contributed by atoms with Gasteiger partial charge in [0.25, 0.3) is 5.91 Å². The first-order chi connectivity index (χ1) is 15.8. The van der Waals surface area contributed by atoms with Crippen LogP contribution in [0.4, 0.5) is 10.1 Å². The van der Waals surface area contributed by atoms with Gasteiger partial charge < -0.3 is 9.88 Å². The average molecular weight is 465 g/mol. The molecular weight excluding hydrogens is 443 g/mol. The third kappa shape index (κ3) is 4.84. The van der Waals surface area contributed by atoms with Gasteiger partial charge in [-0.1, -0.05) is 42.5 Å². The van der Waals surface area contributed by atoms with Crippen LogP contribution in [0.5, 0.6) is 0 Å². The van der Waals surface area contributed by atoms with E-state index in [4.69, 9.17) is 10.0 Å². The first-order valence-electron chi connectivity index (χ1n) is 10.1. The summed E-state index contributed by atoms with van der Waals surface area (Å²) in [5.41, 5.74) is 1.56. The Morgan fingerprint density at radius 3 is 2.85 bits per heavy atom. The highest BCUT2D eigenvalue weighted by Crippen LogP contribution is 2.28. The first-order valence-corrected chi connectivity index (χ1v) is 11.7. The van der Waals surface area contributed by atoms with Crippen molar-refractivity contribution in [3.05, 3.63) is 83.2 Å². The lowest BCUT2D eigenvalue weighted by Crippen LogP contribution is -2.32. The maximum atomic E-state index is 13.7. The molecular formula is C23H21FN6O2S. The van der Waals surface area contributed by atoms with Crippen LogP contribution in [0.1, 0.15) is 33.7 Å². The minimum Gasteiger partial charge on any atom is -0.345 e. The van der Waals surface area contributed by atoms with Gasteiger partial charge in [0, 0.05) is 36.6 Å². The summed E-state index contributed by atoms with van der Waals surface area (Å²) in [5.74, 6) is -1.48. The number of fused-ring (bicyclic) bond motifs is 1. The summed E-state index contributed by atoms with van der Waals surface area (Å²) in [6.07, 6.45) is 6.35. The number of hydrogen-bond acceptors (Lipinski definition) is 5. The van der Waals surface area contributed by atoms with Gasteiger partial charge in [-0.25, -0.2) is 18.7 Å². The molecule has 1 unspecified atom stereocenters. The Labute approximate surface area is 190 Å². The second-order valence-corrected chi connectivity index (χ2v) is 9.45. The lowest BCUT2D eigenvalue weighted by atomic mass is 10.0. The molecule has 0 saturated heterocycles. The van der Waals surface area contributed by atoms with Crippen LogP contribution in [0.15, 0.2) is 59.6 Å². The number of pyridine rings is 1. The highest BCUT2D eigenvalue weighted by atomic mass is 32.2. The number of nitrogens with zero attached hydrogens (tertiary/aromatic N) is 3. The molecule has 168 valence electrons. The molecule has 0 fully saturated rings. The Hall–Kier alpha value is -3.81. The molecule has 33 heavy (non-hydrogen) atoms. The number of nitriles is 1. The summed E-state index contributed by atoms with van der Waals surface area (Å²) in [4.78, 5) is 16.7. The van der Waals surface area contributed by atoms with E-state index in [0.717, 1.165) is 18.1 Å². The van der Waals surface area contributed by atoms with Crippen molar-refractivity contribution in [2.24, 2.45) is 7.05 Å². The van der Waals surface area contributed by atoms with Crippen LogP contribution in [0.3, 0.4) is 0 Å². The fourth-order valence-corrected chi connectivity index (χ4v) is 5.29. The molecule has 0 bridgehead atoms. The van der Waals surface area contributed by atoms with E-state index in [0.29, 0.717) is 12.0 Å². The number of carbonyl (C=O) groups is 1. The highest BCUT2D eigenvalue weighted by molar-refractivity contribution is 7.90. The second-order valence-electron chi connectivity index (χ2n) is 7.66. The van der Waals surface area contributed by atoms with Gasteiger partial charge in [-0.3, -0.25) is 4.79 Å². The minimum atomic E-state index is -3.38. The van der Waals surface area contributed by atoms with Crippen LogP contribution in [0.25, 0.3) is 6.08 Å². The standard InChI is InChI=1S/C23H21FN6O2S/c1-30-14-20-19(22(30)23(31)28-17-11-18(13-25)27-21(24)12-17)10-9-16(29-33(20,26)32)8-7-15-5-3-2-4-6-15/h2-6,9-12,14,16H,7-8H2,1H3,(H2,26,29,32)(H,27,28,31)/t16-,33?/m0/s1. The van der Waals surface area contributed by atoms with Crippen LogP contribution in [0, 0.1) is 22.1 Å². The Bertz CT molecular complexity index is 1390. The summed E-state index contributed by atoms with van der Waals surface area (Å²) in [5, 5.41) is 11.5. The van der Waals surface area contributed by atoms with E-state index in [-0.39, 0.29) is 28.0 Å². The van der Waals surface area contributed by atoms with Gasteiger partial charge in [0.1, 0.15) is 27.4 Å². The molecule has 1 aromatic carbocycles. The van der Waals surface area contributed by atoms with E-state index in [9.17, 15) is 13.4 Å². The Morgan fingerprint density at radius 1 is 1.36 bits per heavy atom. The molecule has 4 rings (SSSR count). The van der Waals surface area contributed by atoms with E-state index in [1.54, 1.807) is 25.3 Å². The number of amides is 1. The molecule has 0 aliphatic carbocycles. The Kier molecular flexibility index (Phi) is 6.09. The van der Waals surface area contributed by atoms with E-state index < -0.39 is 21.8 Å². The fourth-order valence-electron chi connectivity index (χ4n) is 3.76. The molecule has 8 nitrogen and oxygen atoms in total. The van der Waals surface area contributed by atoms with Crippen LogP contribution in [-0.4, -0.2) is 25.7 Å². The SMILES string of the molecule is Cn1cc2c(c1C(=O)Nc1cc(F)nc(C#N)c1)C=C[C@H](CCc1ccccc1)NS2(=N)=O. The molecule has 1 aliphatic rings. The number of benzene rings is 1. The summed E-state index contributed by atoms with van der Waals surface area (Å²) in [7, 11) is -1.78. The fraction of sp³-hybridized carbons (Fsp3) is 0.174. The van der Waals surface area contributed by atoms with Crippen molar-refractivity contribution in [1.82, 2.24) is 14.3 Å². The van der Waals surface area contributed by atoms with Crippen molar-refractivity contribution < 1.29 is 13.4 Å². The third-order valence-electron chi connectivity index (χ3n) is 5.27. The quantitative estimate of drug-likeness (QED) is 0.499. The van der Waals surface area contributed by atoms with Gasteiger partial charge in [0.05, 0.1) is 4.90 Å². The molecule has 3 N–H and O–H groups in total. The number of halogens is 1.